The van der Waals surface area contributed by atoms with E-state index in [2.05, 4.69) is 11.6 Å². The fourth-order valence-corrected chi connectivity index (χ4v) is 3.44. The Labute approximate surface area is 104 Å². The molecular weight excluding hydrogens is 218 g/mol. The van der Waals surface area contributed by atoms with Crippen molar-refractivity contribution in [2.75, 3.05) is 19.3 Å². The second kappa shape index (κ2) is 5.28. The zero-order valence-corrected chi connectivity index (χ0v) is 11.2. The summed E-state index contributed by atoms with van der Waals surface area (Å²) in [6.07, 6.45) is 11.9. The number of thioether (sulfide) groups is 1. The van der Waals surface area contributed by atoms with E-state index in [-0.39, 0.29) is 0 Å². The van der Waals surface area contributed by atoms with E-state index < -0.39 is 5.60 Å². The summed E-state index contributed by atoms with van der Waals surface area (Å²) in [6, 6.07) is 0. The molecule has 0 amide bonds. The lowest BCUT2D eigenvalue weighted by molar-refractivity contribution is 0.0254. The van der Waals surface area contributed by atoms with Crippen molar-refractivity contribution in [2.45, 2.75) is 61.7 Å². The van der Waals surface area contributed by atoms with Gasteiger partial charge in [-0.2, -0.15) is 11.8 Å². The molecule has 0 aliphatic heterocycles. The molecule has 2 aliphatic rings. The van der Waals surface area contributed by atoms with Crippen LogP contribution in [0.25, 0.3) is 0 Å². The highest BCUT2D eigenvalue weighted by atomic mass is 32.2. The SMILES string of the molecule is CSC1(CNCC2(O)CCCCCC2)CC1. The molecule has 0 spiro atoms. The first-order valence-electron chi connectivity index (χ1n) is 6.66. The van der Waals surface area contributed by atoms with Crippen LogP contribution in [-0.4, -0.2) is 34.8 Å². The molecule has 0 atom stereocenters. The highest BCUT2D eigenvalue weighted by molar-refractivity contribution is 8.00. The predicted octanol–water partition coefficient (Wildman–Crippen LogP) is 2.56. The van der Waals surface area contributed by atoms with E-state index >= 15 is 0 Å². The molecule has 0 saturated heterocycles. The van der Waals surface area contributed by atoms with Gasteiger partial charge in [-0.3, -0.25) is 0 Å². The topological polar surface area (TPSA) is 32.3 Å². The van der Waals surface area contributed by atoms with Crippen molar-refractivity contribution in [2.24, 2.45) is 0 Å². The Balaban J connectivity index is 1.71. The Kier molecular flexibility index (Phi) is 4.20. The number of aliphatic hydroxyl groups is 1. The van der Waals surface area contributed by atoms with Crippen LogP contribution in [0.4, 0.5) is 0 Å². The third-order valence-corrected chi connectivity index (χ3v) is 5.59. The zero-order valence-electron chi connectivity index (χ0n) is 10.4. The summed E-state index contributed by atoms with van der Waals surface area (Å²) in [5, 5.41) is 14.0. The van der Waals surface area contributed by atoms with E-state index in [4.69, 9.17) is 0 Å². The summed E-state index contributed by atoms with van der Waals surface area (Å²) in [5.41, 5.74) is -0.412. The van der Waals surface area contributed by atoms with Crippen molar-refractivity contribution in [3.05, 3.63) is 0 Å². The first-order valence-corrected chi connectivity index (χ1v) is 7.89. The molecule has 0 aromatic rings. The van der Waals surface area contributed by atoms with Gasteiger partial charge in [-0.15, -0.1) is 0 Å². The van der Waals surface area contributed by atoms with Crippen LogP contribution in [0.1, 0.15) is 51.4 Å². The fraction of sp³-hybridized carbons (Fsp3) is 1.00. The Bertz CT molecular complexity index is 220. The van der Waals surface area contributed by atoms with Gasteiger partial charge in [0.2, 0.25) is 0 Å². The first kappa shape index (κ1) is 12.7. The second-order valence-corrected chi connectivity index (χ2v) is 6.90. The van der Waals surface area contributed by atoms with Gasteiger partial charge in [-0.25, -0.2) is 0 Å². The smallest absolute Gasteiger partial charge is 0.0771 e. The number of hydrogen-bond donors (Lipinski definition) is 2. The molecule has 0 aromatic heterocycles. The van der Waals surface area contributed by atoms with E-state index in [9.17, 15) is 5.11 Å². The molecule has 2 saturated carbocycles. The normalized spacial score (nSPS) is 27.4. The molecule has 2 aliphatic carbocycles. The van der Waals surface area contributed by atoms with Gasteiger partial charge >= 0.3 is 0 Å². The van der Waals surface area contributed by atoms with Gasteiger partial charge in [-0.05, 0) is 31.9 Å². The summed E-state index contributed by atoms with van der Waals surface area (Å²) in [4.78, 5) is 0. The minimum absolute atomic E-state index is 0.412. The molecule has 0 bridgehead atoms. The lowest BCUT2D eigenvalue weighted by Gasteiger charge is -2.28. The molecule has 2 N–H and O–H groups in total. The summed E-state index contributed by atoms with van der Waals surface area (Å²) >= 11 is 1.98. The Morgan fingerprint density at radius 2 is 1.62 bits per heavy atom. The molecule has 0 unspecified atom stereocenters. The molecule has 0 heterocycles. The highest BCUT2D eigenvalue weighted by Crippen LogP contribution is 2.46. The fourth-order valence-electron chi connectivity index (χ4n) is 2.68. The molecule has 2 fully saturated rings. The lowest BCUT2D eigenvalue weighted by atomic mass is 9.94. The summed E-state index contributed by atoms with van der Waals surface area (Å²) in [7, 11) is 0. The maximum atomic E-state index is 10.5. The van der Waals surface area contributed by atoms with Gasteiger partial charge in [0.05, 0.1) is 5.60 Å². The second-order valence-electron chi connectivity index (χ2n) is 5.63. The standard InChI is InChI=1S/C13H25NOS/c1-16-13(8-9-13)11-14-10-12(15)6-4-2-3-5-7-12/h14-15H,2-11H2,1H3. The van der Waals surface area contributed by atoms with E-state index in [1.165, 1.54) is 38.5 Å². The summed E-state index contributed by atoms with van der Waals surface area (Å²) < 4.78 is 0.515. The minimum atomic E-state index is -0.412. The van der Waals surface area contributed by atoms with Gasteiger partial charge in [-0.1, -0.05) is 25.7 Å². The molecule has 2 nitrogen and oxygen atoms in total. The monoisotopic (exact) mass is 243 g/mol. The van der Waals surface area contributed by atoms with Gasteiger partial charge in [0.1, 0.15) is 0 Å². The van der Waals surface area contributed by atoms with Crippen molar-refractivity contribution < 1.29 is 5.11 Å². The van der Waals surface area contributed by atoms with Crippen LogP contribution >= 0.6 is 11.8 Å². The van der Waals surface area contributed by atoms with Crippen LogP contribution in [0.3, 0.4) is 0 Å². The van der Waals surface area contributed by atoms with Gasteiger partial charge < -0.3 is 10.4 Å². The van der Waals surface area contributed by atoms with Crippen LogP contribution in [0, 0.1) is 0 Å². The van der Waals surface area contributed by atoms with Crippen LogP contribution < -0.4 is 5.32 Å². The average molecular weight is 243 g/mol. The maximum absolute atomic E-state index is 10.5. The van der Waals surface area contributed by atoms with Crippen LogP contribution in [-0.2, 0) is 0 Å². The Hall–Kier alpha value is 0.270. The third kappa shape index (κ3) is 3.38. The third-order valence-electron chi connectivity index (χ3n) is 4.18. The minimum Gasteiger partial charge on any atom is -0.389 e. The first-order chi connectivity index (χ1) is 7.68. The summed E-state index contributed by atoms with van der Waals surface area (Å²) in [5.74, 6) is 0. The van der Waals surface area contributed by atoms with Crippen molar-refractivity contribution in [1.82, 2.24) is 5.32 Å². The summed E-state index contributed by atoms with van der Waals surface area (Å²) in [6.45, 7) is 1.88. The Morgan fingerprint density at radius 3 is 2.12 bits per heavy atom. The van der Waals surface area contributed by atoms with E-state index in [0.29, 0.717) is 4.75 Å². The quantitative estimate of drug-likeness (QED) is 0.728. The van der Waals surface area contributed by atoms with E-state index in [0.717, 1.165) is 25.9 Å². The molecular formula is C13H25NOS. The van der Waals surface area contributed by atoms with Gasteiger partial charge in [0.15, 0.2) is 0 Å². The molecule has 0 aromatic carbocycles. The van der Waals surface area contributed by atoms with Crippen molar-refractivity contribution in [3.8, 4) is 0 Å². The van der Waals surface area contributed by atoms with Crippen molar-refractivity contribution >= 4 is 11.8 Å². The van der Waals surface area contributed by atoms with Crippen LogP contribution in [0.2, 0.25) is 0 Å². The molecule has 2 rings (SSSR count). The maximum Gasteiger partial charge on any atom is 0.0771 e. The number of hydrogen-bond acceptors (Lipinski definition) is 3. The van der Waals surface area contributed by atoms with E-state index in [1.54, 1.807) is 0 Å². The van der Waals surface area contributed by atoms with Crippen molar-refractivity contribution in [3.63, 3.8) is 0 Å². The highest BCUT2D eigenvalue weighted by Gasteiger charge is 2.41. The largest absolute Gasteiger partial charge is 0.389 e. The van der Waals surface area contributed by atoms with E-state index in [1.807, 2.05) is 11.8 Å². The van der Waals surface area contributed by atoms with Gasteiger partial charge in [0, 0.05) is 17.8 Å². The lowest BCUT2D eigenvalue weighted by Crippen LogP contribution is -2.42. The molecule has 94 valence electrons. The number of rotatable bonds is 5. The number of nitrogens with one attached hydrogen (secondary N) is 1. The van der Waals surface area contributed by atoms with Gasteiger partial charge in [0.25, 0.3) is 0 Å². The Morgan fingerprint density at radius 1 is 1.00 bits per heavy atom. The predicted molar refractivity (Wildman–Crippen MR) is 71.0 cm³/mol. The molecule has 0 radical (unpaired) electrons. The molecule has 16 heavy (non-hydrogen) atoms. The van der Waals surface area contributed by atoms with Crippen LogP contribution in [0.5, 0.6) is 0 Å². The molecule has 3 heteroatoms. The zero-order chi connectivity index (χ0) is 11.5. The van der Waals surface area contributed by atoms with Crippen molar-refractivity contribution in [1.29, 1.82) is 0 Å². The van der Waals surface area contributed by atoms with Crippen LogP contribution in [0.15, 0.2) is 0 Å². The average Bonchev–Trinajstić information content (AvgIpc) is 3.05.